The Morgan fingerprint density at radius 1 is 1.16 bits per heavy atom. The summed E-state index contributed by atoms with van der Waals surface area (Å²) in [7, 11) is 0. The van der Waals surface area contributed by atoms with Crippen LogP contribution in [0.1, 0.15) is 46.9 Å². The molecule has 1 aromatic heterocycles. The number of amides is 2. The predicted octanol–water partition coefficient (Wildman–Crippen LogP) is 2.94. The van der Waals surface area contributed by atoms with Crippen molar-refractivity contribution in [3.8, 4) is 0 Å². The molecule has 1 aromatic carbocycles. The lowest BCUT2D eigenvalue weighted by molar-refractivity contribution is -0.122. The van der Waals surface area contributed by atoms with Gasteiger partial charge in [0.05, 0.1) is 6.26 Å². The lowest BCUT2D eigenvalue weighted by Crippen LogP contribution is -2.28. The Labute approximate surface area is 147 Å². The van der Waals surface area contributed by atoms with Gasteiger partial charge in [0.15, 0.2) is 0 Å². The van der Waals surface area contributed by atoms with Gasteiger partial charge in [-0.25, -0.2) is 0 Å². The molecule has 2 heterocycles. The Morgan fingerprint density at radius 3 is 2.76 bits per heavy atom. The van der Waals surface area contributed by atoms with Gasteiger partial charge >= 0.3 is 0 Å². The van der Waals surface area contributed by atoms with Crippen molar-refractivity contribution in [3.63, 3.8) is 0 Å². The maximum atomic E-state index is 12.5. The van der Waals surface area contributed by atoms with E-state index >= 15 is 0 Å². The minimum atomic E-state index is 0.000523. The van der Waals surface area contributed by atoms with Crippen LogP contribution in [0.25, 0.3) is 0 Å². The van der Waals surface area contributed by atoms with E-state index < -0.39 is 0 Å². The molecule has 2 aromatic rings. The average Bonchev–Trinajstić information content (AvgIpc) is 3.07. The highest BCUT2D eigenvalue weighted by molar-refractivity contribution is 5.94. The summed E-state index contributed by atoms with van der Waals surface area (Å²) in [4.78, 5) is 26.6. The largest absolute Gasteiger partial charge is 0.469 e. The zero-order valence-corrected chi connectivity index (χ0v) is 14.1. The molecule has 5 heteroatoms. The van der Waals surface area contributed by atoms with E-state index in [0.29, 0.717) is 12.1 Å². The molecule has 4 rings (SSSR count). The van der Waals surface area contributed by atoms with Crippen molar-refractivity contribution >= 4 is 11.8 Å². The molecule has 130 valence electrons. The minimum Gasteiger partial charge on any atom is -0.469 e. The summed E-state index contributed by atoms with van der Waals surface area (Å²) in [5, 5.41) is 2.98. The fraction of sp³-hybridized carbons (Fsp3) is 0.400. The molecule has 1 N–H and O–H groups in total. The Hall–Kier alpha value is -2.56. The highest BCUT2D eigenvalue weighted by Crippen LogP contribution is 2.47. The zero-order chi connectivity index (χ0) is 17.2. The van der Waals surface area contributed by atoms with Gasteiger partial charge in [0.1, 0.15) is 5.76 Å². The van der Waals surface area contributed by atoms with Crippen molar-refractivity contribution in [3.05, 3.63) is 59.5 Å². The van der Waals surface area contributed by atoms with E-state index in [4.69, 9.17) is 4.42 Å². The van der Waals surface area contributed by atoms with Crippen LogP contribution in [0, 0.1) is 5.92 Å². The summed E-state index contributed by atoms with van der Waals surface area (Å²) >= 11 is 0. The van der Waals surface area contributed by atoms with Gasteiger partial charge in [-0.15, -0.1) is 0 Å². The Balaban J connectivity index is 1.33. The third kappa shape index (κ3) is 3.45. The van der Waals surface area contributed by atoms with Crippen LogP contribution in [0.3, 0.4) is 0 Å². The van der Waals surface area contributed by atoms with E-state index in [1.807, 2.05) is 41.3 Å². The molecule has 1 saturated carbocycles. The summed E-state index contributed by atoms with van der Waals surface area (Å²) < 4.78 is 5.37. The van der Waals surface area contributed by atoms with E-state index in [-0.39, 0.29) is 23.7 Å². The highest BCUT2D eigenvalue weighted by Gasteiger charge is 2.45. The van der Waals surface area contributed by atoms with Crippen LogP contribution in [-0.2, 0) is 11.3 Å². The van der Waals surface area contributed by atoms with Crippen molar-refractivity contribution < 1.29 is 14.0 Å². The van der Waals surface area contributed by atoms with E-state index in [2.05, 4.69) is 5.32 Å². The fourth-order valence-electron chi connectivity index (χ4n) is 3.54. The first-order chi connectivity index (χ1) is 12.2. The fourth-order valence-corrected chi connectivity index (χ4v) is 3.54. The van der Waals surface area contributed by atoms with Gasteiger partial charge in [-0.05, 0) is 49.1 Å². The molecule has 0 radical (unpaired) electrons. The van der Waals surface area contributed by atoms with Crippen molar-refractivity contribution in [1.29, 1.82) is 0 Å². The molecule has 5 nitrogen and oxygen atoms in total. The molecule has 2 amide bonds. The number of benzene rings is 1. The van der Waals surface area contributed by atoms with Crippen LogP contribution in [0.2, 0.25) is 0 Å². The van der Waals surface area contributed by atoms with E-state index in [0.717, 1.165) is 43.7 Å². The van der Waals surface area contributed by atoms with Crippen molar-refractivity contribution in [1.82, 2.24) is 10.2 Å². The van der Waals surface area contributed by atoms with Gasteiger partial charge < -0.3 is 14.6 Å². The number of likely N-dealkylation sites (tertiary alicyclic amines) is 1. The maximum Gasteiger partial charge on any atom is 0.253 e. The summed E-state index contributed by atoms with van der Waals surface area (Å²) in [6, 6.07) is 11.3. The van der Waals surface area contributed by atoms with Crippen molar-refractivity contribution in [2.24, 2.45) is 5.92 Å². The Kier molecular flexibility index (Phi) is 4.30. The quantitative estimate of drug-likeness (QED) is 0.912. The molecule has 25 heavy (non-hydrogen) atoms. The van der Waals surface area contributed by atoms with Crippen LogP contribution in [0.15, 0.2) is 47.1 Å². The molecule has 0 spiro atoms. The molecule has 1 saturated heterocycles. The first kappa shape index (κ1) is 15.9. The van der Waals surface area contributed by atoms with E-state index in [9.17, 15) is 9.59 Å². The first-order valence-corrected chi connectivity index (χ1v) is 8.92. The van der Waals surface area contributed by atoms with Gasteiger partial charge in [0.2, 0.25) is 5.91 Å². The number of hydrogen-bond donors (Lipinski definition) is 1. The van der Waals surface area contributed by atoms with Crippen LogP contribution < -0.4 is 5.32 Å². The molecule has 0 unspecified atom stereocenters. The monoisotopic (exact) mass is 338 g/mol. The van der Waals surface area contributed by atoms with Crippen molar-refractivity contribution in [2.45, 2.75) is 31.7 Å². The van der Waals surface area contributed by atoms with Gasteiger partial charge in [0.25, 0.3) is 5.91 Å². The molecule has 2 aliphatic rings. The SMILES string of the molecule is O=C(NCc1cccc(C(=O)N2CCCC2)c1)[C@@H]1C[C@@H]1c1ccco1. The second-order valence-corrected chi connectivity index (χ2v) is 6.88. The summed E-state index contributed by atoms with van der Waals surface area (Å²) in [6.07, 6.45) is 4.65. The Bertz CT molecular complexity index is 763. The lowest BCUT2D eigenvalue weighted by atomic mass is 10.1. The van der Waals surface area contributed by atoms with Crippen LogP contribution in [0.5, 0.6) is 0 Å². The number of nitrogens with one attached hydrogen (secondary N) is 1. The van der Waals surface area contributed by atoms with Crippen LogP contribution in [-0.4, -0.2) is 29.8 Å². The van der Waals surface area contributed by atoms with Gasteiger partial charge in [0, 0.05) is 37.0 Å². The molecule has 2 fully saturated rings. The van der Waals surface area contributed by atoms with Gasteiger partial charge in [-0.3, -0.25) is 9.59 Å². The number of carbonyl (C=O) groups excluding carboxylic acids is 2. The second-order valence-electron chi connectivity index (χ2n) is 6.88. The van der Waals surface area contributed by atoms with E-state index in [1.165, 1.54) is 0 Å². The number of hydrogen-bond acceptors (Lipinski definition) is 3. The number of carbonyl (C=O) groups is 2. The molecule has 1 aliphatic carbocycles. The normalized spacial score (nSPS) is 22.0. The topological polar surface area (TPSA) is 62.6 Å². The van der Waals surface area contributed by atoms with Crippen LogP contribution in [0.4, 0.5) is 0 Å². The molecular weight excluding hydrogens is 316 g/mol. The van der Waals surface area contributed by atoms with Crippen LogP contribution >= 0.6 is 0 Å². The van der Waals surface area contributed by atoms with Gasteiger partial charge in [-0.1, -0.05) is 12.1 Å². The third-order valence-corrected chi connectivity index (χ3v) is 5.07. The Morgan fingerprint density at radius 2 is 2.00 bits per heavy atom. The minimum absolute atomic E-state index is 0.000523. The van der Waals surface area contributed by atoms with Crippen molar-refractivity contribution in [2.75, 3.05) is 13.1 Å². The molecule has 1 aliphatic heterocycles. The average molecular weight is 338 g/mol. The third-order valence-electron chi connectivity index (χ3n) is 5.07. The lowest BCUT2D eigenvalue weighted by Gasteiger charge is -2.15. The second kappa shape index (κ2) is 6.75. The van der Waals surface area contributed by atoms with E-state index in [1.54, 1.807) is 6.26 Å². The maximum absolute atomic E-state index is 12.5. The highest BCUT2D eigenvalue weighted by atomic mass is 16.3. The summed E-state index contributed by atoms with van der Waals surface area (Å²) in [6.45, 7) is 2.13. The summed E-state index contributed by atoms with van der Waals surface area (Å²) in [5.74, 6) is 1.24. The zero-order valence-electron chi connectivity index (χ0n) is 14.1. The number of furan rings is 1. The van der Waals surface area contributed by atoms with Gasteiger partial charge in [-0.2, -0.15) is 0 Å². The standard InChI is InChI=1S/C20H22N2O3/c23-19(17-12-16(17)18-7-4-10-25-18)21-13-14-5-3-6-15(11-14)20(24)22-8-1-2-9-22/h3-7,10-11,16-17H,1-2,8-9,12-13H2,(H,21,23)/t16-,17+/m0/s1. The number of rotatable bonds is 5. The smallest absolute Gasteiger partial charge is 0.253 e. The molecule has 0 bridgehead atoms. The summed E-state index contributed by atoms with van der Waals surface area (Å²) in [5.41, 5.74) is 1.65. The number of nitrogens with zero attached hydrogens (tertiary/aromatic N) is 1. The molecule has 2 atom stereocenters. The first-order valence-electron chi connectivity index (χ1n) is 8.92. The molecular formula is C20H22N2O3. The predicted molar refractivity (Wildman–Crippen MR) is 93.0 cm³/mol.